The molecule has 0 spiro atoms. The fourth-order valence-electron chi connectivity index (χ4n) is 0.692. The van der Waals surface area contributed by atoms with Crippen molar-refractivity contribution in [2.75, 3.05) is 7.11 Å². The zero-order chi connectivity index (χ0) is 11.2. The van der Waals surface area contributed by atoms with Gasteiger partial charge < -0.3 is 4.74 Å². The molecule has 0 aliphatic rings. The minimum absolute atomic E-state index is 0.255. The van der Waals surface area contributed by atoms with Gasteiger partial charge in [0.2, 0.25) is 0 Å². The average Bonchev–Trinajstić information content (AvgIpc) is 2.00. The van der Waals surface area contributed by atoms with E-state index in [1.807, 2.05) is 0 Å². The molecule has 0 aliphatic carbocycles. The molecule has 0 aromatic heterocycles. The average molecular weight is 223 g/mol. The van der Waals surface area contributed by atoms with Crippen LogP contribution >= 0.6 is 0 Å². The highest BCUT2D eigenvalue weighted by Gasteiger charge is 2.08. The second-order valence-electron chi connectivity index (χ2n) is 2.56. The van der Waals surface area contributed by atoms with Gasteiger partial charge in [0, 0.05) is 6.08 Å². The van der Waals surface area contributed by atoms with Gasteiger partial charge in [0.05, 0.1) is 13.2 Å². The smallest absolute Gasteiger partial charge is 0.333 e. The van der Waals surface area contributed by atoms with Crippen molar-refractivity contribution in [1.82, 2.24) is 0 Å². The summed E-state index contributed by atoms with van der Waals surface area (Å²) in [7, 11) is -2.68. The van der Waals surface area contributed by atoms with E-state index in [0.29, 0.717) is 0 Å². The van der Waals surface area contributed by atoms with Gasteiger partial charge in [-0.15, -0.1) is 0 Å². The van der Waals surface area contributed by atoms with Crippen molar-refractivity contribution in [2.45, 2.75) is 19.4 Å². The minimum Gasteiger partial charge on any atom is -0.466 e. The first kappa shape index (κ1) is 13.1. The van der Waals surface area contributed by atoms with Gasteiger partial charge >= 0.3 is 16.3 Å². The third-order valence-electron chi connectivity index (χ3n) is 1.22. The first-order valence-corrected chi connectivity index (χ1v) is 5.28. The summed E-state index contributed by atoms with van der Waals surface area (Å²) in [6, 6.07) is 0. The summed E-state index contributed by atoms with van der Waals surface area (Å²) in [5.41, 5.74) is 0. The van der Waals surface area contributed by atoms with Crippen LogP contribution in [0.4, 0.5) is 0 Å². The molecule has 0 fully saturated rings. The Bertz CT molecular complexity index is 308. The van der Waals surface area contributed by atoms with E-state index in [-0.39, 0.29) is 6.42 Å². The topological polar surface area (TPSA) is 95.7 Å². The number of carbonyl (C=O) groups excluding carboxylic acids is 1. The van der Waals surface area contributed by atoms with Crippen molar-refractivity contribution in [2.24, 2.45) is 5.14 Å². The molecule has 0 radical (unpaired) electrons. The van der Waals surface area contributed by atoms with Gasteiger partial charge in [0.1, 0.15) is 0 Å². The zero-order valence-electron chi connectivity index (χ0n) is 7.97. The van der Waals surface area contributed by atoms with Crippen LogP contribution in [0.2, 0.25) is 0 Å². The lowest BCUT2D eigenvalue weighted by atomic mass is 10.3. The maximum absolute atomic E-state index is 10.6. The summed E-state index contributed by atoms with van der Waals surface area (Å²) in [6.45, 7) is 1.52. The van der Waals surface area contributed by atoms with Gasteiger partial charge in [-0.2, -0.15) is 8.42 Å². The van der Waals surface area contributed by atoms with Crippen LogP contribution in [-0.2, 0) is 24.0 Å². The van der Waals surface area contributed by atoms with E-state index >= 15 is 0 Å². The molecule has 6 nitrogen and oxygen atoms in total. The lowest BCUT2D eigenvalue weighted by molar-refractivity contribution is -0.134. The van der Waals surface area contributed by atoms with E-state index in [2.05, 4.69) is 14.1 Å². The summed E-state index contributed by atoms with van der Waals surface area (Å²) in [5, 5.41) is 4.63. The van der Waals surface area contributed by atoms with E-state index in [9.17, 15) is 13.2 Å². The monoisotopic (exact) mass is 223 g/mol. The van der Waals surface area contributed by atoms with Crippen LogP contribution in [0.25, 0.3) is 0 Å². The van der Waals surface area contributed by atoms with Crippen LogP contribution in [0.5, 0.6) is 0 Å². The lowest BCUT2D eigenvalue weighted by Gasteiger charge is -2.06. The van der Waals surface area contributed by atoms with E-state index in [1.54, 1.807) is 0 Å². The van der Waals surface area contributed by atoms with Crippen molar-refractivity contribution in [1.29, 1.82) is 0 Å². The molecule has 0 aromatic rings. The zero-order valence-corrected chi connectivity index (χ0v) is 8.78. The van der Waals surface area contributed by atoms with E-state index in [1.165, 1.54) is 26.2 Å². The summed E-state index contributed by atoms with van der Waals surface area (Å²) >= 11 is 0. The molecule has 0 aliphatic heterocycles. The maximum atomic E-state index is 10.6. The minimum atomic E-state index is -3.93. The Morgan fingerprint density at radius 2 is 2.14 bits per heavy atom. The summed E-state index contributed by atoms with van der Waals surface area (Å²) < 4.78 is 29.6. The molecular weight excluding hydrogens is 210 g/mol. The van der Waals surface area contributed by atoms with Crippen molar-refractivity contribution in [3.63, 3.8) is 0 Å². The third kappa shape index (κ3) is 7.71. The van der Waals surface area contributed by atoms with Crippen molar-refractivity contribution >= 4 is 16.3 Å². The molecule has 2 N–H and O–H groups in total. The van der Waals surface area contributed by atoms with Crippen LogP contribution < -0.4 is 5.14 Å². The Morgan fingerprint density at radius 3 is 2.57 bits per heavy atom. The molecular formula is C7H13NO5S. The molecule has 14 heavy (non-hydrogen) atoms. The normalized spacial score (nSPS) is 14.2. The van der Waals surface area contributed by atoms with E-state index in [0.717, 1.165) is 0 Å². The first-order chi connectivity index (χ1) is 6.35. The fraction of sp³-hybridized carbons (Fsp3) is 0.571. The van der Waals surface area contributed by atoms with Crippen molar-refractivity contribution < 1.29 is 22.1 Å². The number of hydrogen-bond donors (Lipinski definition) is 1. The van der Waals surface area contributed by atoms with E-state index < -0.39 is 22.4 Å². The largest absolute Gasteiger partial charge is 0.466 e. The summed E-state index contributed by atoms with van der Waals surface area (Å²) in [6.07, 6.45) is 2.28. The van der Waals surface area contributed by atoms with Gasteiger partial charge in [-0.3, -0.25) is 4.18 Å². The number of ether oxygens (including phenoxy) is 1. The quantitative estimate of drug-likeness (QED) is 0.510. The second kappa shape index (κ2) is 5.74. The van der Waals surface area contributed by atoms with Crippen molar-refractivity contribution in [3.05, 3.63) is 12.2 Å². The highest BCUT2D eigenvalue weighted by Crippen LogP contribution is 2.01. The molecule has 0 saturated heterocycles. The maximum Gasteiger partial charge on any atom is 0.333 e. The molecule has 0 aromatic carbocycles. The number of methoxy groups -OCH3 is 1. The Kier molecular flexibility index (Phi) is 5.36. The number of carbonyl (C=O) groups is 1. The molecule has 0 saturated carbocycles. The van der Waals surface area contributed by atoms with Crippen LogP contribution in [-0.4, -0.2) is 27.6 Å². The Labute approximate surface area is 82.9 Å². The second-order valence-corrected chi connectivity index (χ2v) is 3.74. The van der Waals surface area contributed by atoms with E-state index in [4.69, 9.17) is 0 Å². The van der Waals surface area contributed by atoms with Crippen LogP contribution in [0.15, 0.2) is 12.2 Å². The van der Waals surface area contributed by atoms with Gasteiger partial charge in [-0.05, 0) is 13.3 Å². The third-order valence-corrected chi connectivity index (χ3v) is 1.82. The molecule has 82 valence electrons. The Morgan fingerprint density at radius 1 is 1.57 bits per heavy atom. The SMILES string of the molecule is COC(=O)/C=C/CC(C)OS(N)(=O)=O. The first-order valence-electron chi connectivity index (χ1n) is 3.80. The van der Waals surface area contributed by atoms with Gasteiger partial charge in [-0.1, -0.05) is 6.08 Å². The summed E-state index contributed by atoms with van der Waals surface area (Å²) in [5.74, 6) is -0.507. The standard InChI is InChI=1S/C7H13NO5S/c1-6(13-14(8,10)11)4-3-5-7(9)12-2/h3,5-6H,4H2,1-2H3,(H2,8,10,11)/b5-3+. The molecule has 7 heteroatoms. The fourth-order valence-corrected chi connectivity index (χ4v) is 1.23. The molecule has 0 rings (SSSR count). The van der Waals surface area contributed by atoms with Crippen LogP contribution in [0, 0.1) is 0 Å². The number of esters is 1. The lowest BCUT2D eigenvalue weighted by Crippen LogP contribution is -2.21. The highest BCUT2D eigenvalue weighted by molar-refractivity contribution is 7.84. The number of nitrogens with two attached hydrogens (primary N) is 1. The molecule has 0 heterocycles. The number of rotatable bonds is 5. The number of hydrogen-bond acceptors (Lipinski definition) is 5. The molecule has 0 amide bonds. The molecule has 0 bridgehead atoms. The Hall–Kier alpha value is -0.920. The van der Waals surface area contributed by atoms with Crippen molar-refractivity contribution in [3.8, 4) is 0 Å². The van der Waals surface area contributed by atoms with Crippen LogP contribution in [0.3, 0.4) is 0 Å². The summed E-state index contributed by atoms with van der Waals surface area (Å²) in [4.78, 5) is 10.6. The predicted molar refractivity (Wildman–Crippen MR) is 49.4 cm³/mol. The van der Waals surface area contributed by atoms with Gasteiger partial charge in [0.25, 0.3) is 0 Å². The Balaban J connectivity index is 3.91. The predicted octanol–water partition coefficient (Wildman–Crippen LogP) is -0.286. The van der Waals surface area contributed by atoms with Crippen LogP contribution in [0.1, 0.15) is 13.3 Å². The van der Waals surface area contributed by atoms with Gasteiger partial charge in [0.15, 0.2) is 0 Å². The highest BCUT2D eigenvalue weighted by atomic mass is 32.2. The molecule has 1 atom stereocenters. The van der Waals surface area contributed by atoms with Gasteiger partial charge in [-0.25, -0.2) is 9.93 Å². The molecule has 1 unspecified atom stereocenters.